The predicted octanol–water partition coefficient (Wildman–Crippen LogP) is 2.11. The highest BCUT2D eigenvalue weighted by atomic mass is 19.4. The minimum absolute atomic E-state index is 0.00860. The molecule has 0 bridgehead atoms. The molecule has 0 aliphatic carbocycles. The van der Waals surface area contributed by atoms with E-state index in [1.807, 2.05) is 13.8 Å². The van der Waals surface area contributed by atoms with Crippen molar-refractivity contribution in [2.24, 2.45) is 0 Å². The summed E-state index contributed by atoms with van der Waals surface area (Å²) in [5, 5.41) is 9.62. The molecule has 0 aromatic rings. The Bertz CT molecular complexity index is 428. The van der Waals surface area contributed by atoms with Crippen molar-refractivity contribution in [2.45, 2.75) is 88.8 Å². The molecule has 2 heterocycles. The van der Waals surface area contributed by atoms with Gasteiger partial charge in [0.05, 0.1) is 12.1 Å². The molecule has 8 heteroatoms. The van der Waals surface area contributed by atoms with Gasteiger partial charge in [-0.05, 0) is 45.6 Å². The number of ether oxygens (including phenoxy) is 1. The van der Waals surface area contributed by atoms with Gasteiger partial charge in [0.2, 0.25) is 5.91 Å². The van der Waals surface area contributed by atoms with E-state index in [2.05, 4.69) is 16.0 Å². The molecule has 2 fully saturated rings. The number of nitrogens with one attached hydrogen (secondary N) is 3. The quantitative estimate of drug-likeness (QED) is 0.647. The molecule has 0 aromatic heterocycles. The van der Waals surface area contributed by atoms with E-state index < -0.39 is 18.9 Å². The van der Waals surface area contributed by atoms with Gasteiger partial charge in [-0.15, -0.1) is 0 Å². The molecule has 0 aromatic carbocycles. The SMILES string of the molecule is CCCC1NC([C@@H](C)NC(=O)[C@H]2CCCN2)CCC1OCC(F)(F)F. The molecule has 5 nitrogen and oxygen atoms in total. The number of rotatable bonds is 7. The Morgan fingerprint density at radius 3 is 2.68 bits per heavy atom. The van der Waals surface area contributed by atoms with Gasteiger partial charge in [0.25, 0.3) is 0 Å². The first kappa shape index (κ1) is 20.5. The number of hydrogen-bond acceptors (Lipinski definition) is 4. The highest BCUT2D eigenvalue weighted by molar-refractivity contribution is 5.82. The number of amides is 1. The maximum absolute atomic E-state index is 12.4. The van der Waals surface area contributed by atoms with Crippen LogP contribution in [-0.4, -0.2) is 55.5 Å². The number of carbonyl (C=O) groups is 1. The largest absolute Gasteiger partial charge is 0.411 e. The Morgan fingerprint density at radius 1 is 1.32 bits per heavy atom. The summed E-state index contributed by atoms with van der Waals surface area (Å²) >= 11 is 0. The highest BCUT2D eigenvalue weighted by Crippen LogP contribution is 2.24. The zero-order valence-corrected chi connectivity index (χ0v) is 15.0. The van der Waals surface area contributed by atoms with Gasteiger partial charge in [-0.3, -0.25) is 4.79 Å². The van der Waals surface area contributed by atoms with Gasteiger partial charge in [0.15, 0.2) is 0 Å². The lowest BCUT2D eigenvalue weighted by molar-refractivity contribution is -0.191. The van der Waals surface area contributed by atoms with Gasteiger partial charge in [0.1, 0.15) is 6.61 Å². The van der Waals surface area contributed by atoms with E-state index in [1.165, 1.54) is 0 Å². The van der Waals surface area contributed by atoms with Crippen molar-refractivity contribution < 1.29 is 22.7 Å². The average molecular weight is 365 g/mol. The third-order valence-electron chi connectivity index (χ3n) is 5.05. The Kier molecular flexibility index (Phi) is 7.51. The van der Waals surface area contributed by atoms with Crippen LogP contribution in [0, 0.1) is 0 Å². The second-order valence-electron chi connectivity index (χ2n) is 7.16. The van der Waals surface area contributed by atoms with Crippen molar-refractivity contribution in [3.05, 3.63) is 0 Å². The van der Waals surface area contributed by atoms with Crippen molar-refractivity contribution >= 4 is 5.91 Å². The van der Waals surface area contributed by atoms with Crippen LogP contribution in [0.15, 0.2) is 0 Å². The maximum atomic E-state index is 12.4. The molecule has 2 saturated heterocycles. The van der Waals surface area contributed by atoms with Crippen LogP contribution >= 0.6 is 0 Å². The van der Waals surface area contributed by atoms with Crippen LogP contribution in [0.25, 0.3) is 0 Å². The number of piperidine rings is 1. The summed E-state index contributed by atoms with van der Waals surface area (Å²) in [6.45, 7) is 3.61. The summed E-state index contributed by atoms with van der Waals surface area (Å²) in [6, 6.07) is -0.263. The predicted molar refractivity (Wildman–Crippen MR) is 89.3 cm³/mol. The summed E-state index contributed by atoms with van der Waals surface area (Å²) in [4.78, 5) is 12.2. The summed E-state index contributed by atoms with van der Waals surface area (Å²) in [5.74, 6) is 0.00860. The number of alkyl halides is 3. The first-order chi connectivity index (χ1) is 11.8. The molecule has 5 atom stereocenters. The molecular formula is C17H30F3N3O2. The van der Waals surface area contributed by atoms with Crippen LogP contribution in [-0.2, 0) is 9.53 Å². The van der Waals surface area contributed by atoms with Gasteiger partial charge < -0.3 is 20.7 Å². The molecule has 2 aliphatic heterocycles. The fourth-order valence-electron chi connectivity index (χ4n) is 3.72. The fourth-order valence-corrected chi connectivity index (χ4v) is 3.72. The standard InChI is InChI=1S/C17H30F3N3O2/c1-3-5-13-15(25-10-17(18,19)20)8-7-12(23-13)11(2)22-16(24)14-6-4-9-21-14/h11-15,21,23H,3-10H2,1-2H3,(H,22,24)/t11-,12?,13?,14-,15?/m1/s1. The molecule has 3 N–H and O–H groups in total. The molecule has 3 unspecified atom stereocenters. The monoisotopic (exact) mass is 365 g/mol. The molecule has 2 aliphatic rings. The van der Waals surface area contributed by atoms with E-state index in [1.54, 1.807) is 0 Å². The number of carbonyl (C=O) groups excluding carboxylic acids is 1. The van der Waals surface area contributed by atoms with Gasteiger partial charge in [-0.2, -0.15) is 13.2 Å². The summed E-state index contributed by atoms with van der Waals surface area (Å²) in [5.41, 5.74) is 0. The van der Waals surface area contributed by atoms with E-state index in [-0.39, 0.29) is 30.1 Å². The summed E-state index contributed by atoms with van der Waals surface area (Å²) in [7, 11) is 0. The van der Waals surface area contributed by atoms with E-state index >= 15 is 0 Å². The lowest BCUT2D eigenvalue weighted by atomic mass is 9.89. The second kappa shape index (κ2) is 9.19. The topological polar surface area (TPSA) is 62.4 Å². The summed E-state index contributed by atoms with van der Waals surface area (Å²) in [6.07, 6.45) is -0.0105. The first-order valence-electron chi connectivity index (χ1n) is 9.28. The van der Waals surface area contributed by atoms with Crippen molar-refractivity contribution in [1.82, 2.24) is 16.0 Å². The molecule has 25 heavy (non-hydrogen) atoms. The van der Waals surface area contributed by atoms with E-state index in [0.29, 0.717) is 12.8 Å². The van der Waals surface area contributed by atoms with E-state index in [4.69, 9.17) is 4.74 Å². The Hall–Kier alpha value is -0.860. The molecule has 146 valence electrons. The normalized spacial score (nSPS) is 31.7. The van der Waals surface area contributed by atoms with Crippen LogP contribution in [0.3, 0.4) is 0 Å². The zero-order chi connectivity index (χ0) is 18.4. The molecule has 0 spiro atoms. The zero-order valence-electron chi connectivity index (χ0n) is 15.0. The highest BCUT2D eigenvalue weighted by Gasteiger charge is 2.36. The van der Waals surface area contributed by atoms with Crippen molar-refractivity contribution in [2.75, 3.05) is 13.2 Å². The lowest BCUT2D eigenvalue weighted by Crippen LogP contribution is -2.59. The van der Waals surface area contributed by atoms with Crippen LogP contribution in [0.2, 0.25) is 0 Å². The average Bonchev–Trinajstić information content (AvgIpc) is 3.07. The van der Waals surface area contributed by atoms with Crippen LogP contribution in [0.4, 0.5) is 13.2 Å². The lowest BCUT2D eigenvalue weighted by Gasteiger charge is -2.40. The van der Waals surface area contributed by atoms with Gasteiger partial charge in [-0.1, -0.05) is 13.3 Å². The van der Waals surface area contributed by atoms with Crippen LogP contribution < -0.4 is 16.0 Å². The molecular weight excluding hydrogens is 335 g/mol. The van der Waals surface area contributed by atoms with Gasteiger partial charge in [-0.25, -0.2) is 0 Å². The Labute approximate surface area is 147 Å². The molecule has 0 saturated carbocycles. The molecule has 0 radical (unpaired) electrons. The Morgan fingerprint density at radius 2 is 2.08 bits per heavy atom. The van der Waals surface area contributed by atoms with Crippen LogP contribution in [0.1, 0.15) is 52.4 Å². The van der Waals surface area contributed by atoms with Crippen molar-refractivity contribution in [1.29, 1.82) is 0 Å². The molecule has 2 rings (SSSR count). The maximum Gasteiger partial charge on any atom is 0.411 e. The van der Waals surface area contributed by atoms with E-state index in [9.17, 15) is 18.0 Å². The van der Waals surface area contributed by atoms with Crippen molar-refractivity contribution in [3.63, 3.8) is 0 Å². The second-order valence-corrected chi connectivity index (χ2v) is 7.16. The van der Waals surface area contributed by atoms with Crippen LogP contribution in [0.5, 0.6) is 0 Å². The molecule has 1 amide bonds. The van der Waals surface area contributed by atoms with Crippen molar-refractivity contribution in [3.8, 4) is 0 Å². The Balaban J connectivity index is 1.85. The van der Waals surface area contributed by atoms with Gasteiger partial charge >= 0.3 is 6.18 Å². The van der Waals surface area contributed by atoms with Gasteiger partial charge in [0, 0.05) is 18.1 Å². The van der Waals surface area contributed by atoms with E-state index in [0.717, 1.165) is 32.2 Å². The minimum atomic E-state index is -4.30. The summed E-state index contributed by atoms with van der Waals surface area (Å²) < 4.78 is 42.4. The third kappa shape index (κ3) is 6.42. The minimum Gasteiger partial charge on any atom is -0.367 e. The first-order valence-corrected chi connectivity index (χ1v) is 9.28. The smallest absolute Gasteiger partial charge is 0.367 e. The number of hydrogen-bond donors (Lipinski definition) is 3. The third-order valence-corrected chi connectivity index (χ3v) is 5.05. The number of halogens is 3. The fraction of sp³-hybridized carbons (Fsp3) is 0.941.